The number of anilines is 2. The van der Waals surface area contributed by atoms with Crippen LogP contribution in [0.15, 0.2) is 22.3 Å². The first-order valence-electron chi connectivity index (χ1n) is 6.07. The molecule has 9 nitrogen and oxygen atoms in total. The summed E-state index contributed by atoms with van der Waals surface area (Å²) in [5.41, 5.74) is 5.58. The molecular formula is C12H14N6O3S. The van der Waals surface area contributed by atoms with E-state index in [0.717, 1.165) is 11.8 Å². The first-order valence-corrected chi connectivity index (χ1v) is 6.89. The molecule has 0 aliphatic rings. The molecule has 0 fully saturated rings. The molecule has 116 valence electrons. The van der Waals surface area contributed by atoms with Crippen molar-refractivity contribution in [1.82, 2.24) is 19.9 Å². The number of hydrogen-bond acceptors (Lipinski definition) is 9. The fourth-order valence-corrected chi connectivity index (χ4v) is 2.39. The Morgan fingerprint density at radius 2 is 1.86 bits per heavy atom. The molecule has 0 spiro atoms. The Bertz CT molecular complexity index is 671. The molecule has 10 heteroatoms. The minimum Gasteiger partial charge on any atom is -0.480 e. The van der Waals surface area contributed by atoms with Crippen molar-refractivity contribution in [2.45, 2.75) is 17.0 Å². The largest absolute Gasteiger partial charge is 0.480 e. The average molecular weight is 322 g/mol. The zero-order chi connectivity index (χ0) is 16.1. The lowest BCUT2D eigenvalue weighted by molar-refractivity contribution is -0.114. The number of nitrogen functional groups attached to an aromatic ring is 1. The summed E-state index contributed by atoms with van der Waals surface area (Å²) in [6.45, 7) is 1.40. The van der Waals surface area contributed by atoms with Crippen LogP contribution in [0.3, 0.4) is 0 Å². The van der Waals surface area contributed by atoms with Gasteiger partial charge in [0.15, 0.2) is 5.16 Å². The molecule has 2 heterocycles. The molecule has 0 saturated heterocycles. The molecule has 0 saturated carbocycles. The van der Waals surface area contributed by atoms with Gasteiger partial charge in [-0.3, -0.25) is 4.79 Å². The average Bonchev–Trinajstić information content (AvgIpc) is 2.48. The fraction of sp³-hybridized carbons (Fsp3) is 0.250. The molecule has 3 N–H and O–H groups in total. The maximum absolute atomic E-state index is 11.1. The highest BCUT2D eigenvalue weighted by atomic mass is 32.2. The Labute approximate surface area is 130 Å². The van der Waals surface area contributed by atoms with Gasteiger partial charge in [-0.1, -0.05) is 0 Å². The third-order valence-electron chi connectivity index (χ3n) is 2.34. The predicted molar refractivity (Wildman–Crippen MR) is 80.0 cm³/mol. The molecular weight excluding hydrogens is 308 g/mol. The van der Waals surface area contributed by atoms with Crippen LogP contribution in [0.25, 0.3) is 0 Å². The van der Waals surface area contributed by atoms with E-state index in [-0.39, 0.29) is 23.6 Å². The number of amides is 1. The zero-order valence-electron chi connectivity index (χ0n) is 12.2. The number of rotatable bonds is 5. The monoisotopic (exact) mass is 322 g/mol. The molecule has 2 rings (SSSR count). The van der Waals surface area contributed by atoms with Gasteiger partial charge in [-0.15, -0.1) is 0 Å². The van der Waals surface area contributed by atoms with Gasteiger partial charge in [-0.05, 0) is 17.8 Å². The molecule has 0 unspecified atom stereocenters. The van der Waals surface area contributed by atoms with E-state index in [1.807, 2.05) is 0 Å². The first kappa shape index (κ1) is 15.8. The van der Waals surface area contributed by atoms with Crippen molar-refractivity contribution in [3.63, 3.8) is 0 Å². The number of hydrogen-bond donors (Lipinski definition) is 2. The third-order valence-corrected chi connectivity index (χ3v) is 3.27. The molecule has 2 aromatic heterocycles. The van der Waals surface area contributed by atoms with Gasteiger partial charge in [0.25, 0.3) is 0 Å². The Kier molecular flexibility index (Phi) is 4.94. The molecule has 0 aliphatic heterocycles. The third kappa shape index (κ3) is 3.73. The maximum Gasteiger partial charge on any atom is 0.236 e. The summed E-state index contributed by atoms with van der Waals surface area (Å²) >= 11 is 1.14. The first-order chi connectivity index (χ1) is 10.5. The van der Waals surface area contributed by atoms with E-state index in [2.05, 4.69) is 25.3 Å². The lowest BCUT2D eigenvalue weighted by Gasteiger charge is -2.11. The van der Waals surface area contributed by atoms with Crippen molar-refractivity contribution in [2.75, 3.05) is 25.3 Å². The summed E-state index contributed by atoms with van der Waals surface area (Å²) in [4.78, 5) is 27.8. The molecule has 0 aromatic carbocycles. The second kappa shape index (κ2) is 6.89. The SMILES string of the molecule is COc1nc(N)nc(OC)c1Sc1nccc(NC(C)=O)n1. The summed E-state index contributed by atoms with van der Waals surface area (Å²) in [6, 6.07) is 1.58. The van der Waals surface area contributed by atoms with E-state index in [4.69, 9.17) is 15.2 Å². The van der Waals surface area contributed by atoms with Gasteiger partial charge in [-0.2, -0.15) is 9.97 Å². The van der Waals surface area contributed by atoms with E-state index in [1.54, 1.807) is 6.07 Å². The van der Waals surface area contributed by atoms with Crippen LogP contribution in [-0.2, 0) is 4.79 Å². The molecule has 1 amide bonds. The molecule has 0 aliphatic carbocycles. The Morgan fingerprint density at radius 3 is 2.41 bits per heavy atom. The van der Waals surface area contributed by atoms with Gasteiger partial charge in [-0.25, -0.2) is 9.97 Å². The van der Waals surface area contributed by atoms with E-state index in [9.17, 15) is 4.79 Å². The highest BCUT2D eigenvalue weighted by molar-refractivity contribution is 7.99. The topological polar surface area (TPSA) is 125 Å². The van der Waals surface area contributed by atoms with Crippen molar-refractivity contribution in [3.8, 4) is 11.8 Å². The number of nitrogens with zero attached hydrogens (tertiary/aromatic N) is 4. The van der Waals surface area contributed by atoms with Crippen LogP contribution in [0.1, 0.15) is 6.92 Å². The quantitative estimate of drug-likeness (QED) is 0.774. The van der Waals surface area contributed by atoms with Gasteiger partial charge in [0.05, 0.1) is 14.2 Å². The molecule has 22 heavy (non-hydrogen) atoms. The second-order valence-corrected chi connectivity index (χ2v) is 4.91. The number of carbonyl (C=O) groups is 1. The lowest BCUT2D eigenvalue weighted by Crippen LogP contribution is -2.08. The second-order valence-electron chi connectivity index (χ2n) is 3.94. The van der Waals surface area contributed by atoms with Crippen LogP contribution >= 0.6 is 11.8 Å². The number of aromatic nitrogens is 4. The van der Waals surface area contributed by atoms with Gasteiger partial charge >= 0.3 is 0 Å². The lowest BCUT2D eigenvalue weighted by atomic mass is 10.5. The van der Waals surface area contributed by atoms with E-state index < -0.39 is 0 Å². The van der Waals surface area contributed by atoms with E-state index >= 15 is 0 Å². The van der Waals surface area contributed by atoms with Gasteiger partial charge in [0.2, 0.25) is 23.6 Å². The van der Waals surface area contributed by atoms with Crippen LogP contribution in [0.4, 0.5) is 11.8 Å². The van der Waals surface area contributed by atoms with Crippen LogP contribution in [0, 0.1) is 0 Å². The fourth-order valence-electron chi connectivity index (χ4n) is 1.52. The Hall–Kier alpha value is -2.62. The number of methoxy groups -OCH3 is 2. The zero-order valence-corrected chi connectivity index (χ0v) is 13.0. The number of nitrogens with one attached hydrogen (secondary N) is 1. The number of carbonyl (C=O) groups excluding carboxylic acids is 1. The molecule has 0 radical (unpaired) electrons. The highest BCUT2D eigenvalue weighted by Gasteiger charge is 2.18. The molecule has 2 aromatic rings. The summed E-state index contributed by atoms with van der Waals surface area (Å²) in [7, 11) is 2.92. The normalized spacial score (nSPS) is 10.1. The molecule has 0 bridgehead atoms. The Morgan fingerprint density at radius 1 is 1.23 bits per heavy atom. The Balaban J connectivity index is 2.36. The van der Waals surface area contributed by atoms with Crippen molar-refractivity contribution in [1.29, 1.82) is 0 Å². The minimum absolute atomic E-state index is 0.0333. The predicted octanol–water partition coefficient (Wildman–Crippen LogP) is 0.976. The molecule has 0 atom stereocenters. The van der Waals surface area contributed by atoms with Gasteiger partial charge in [0.1, 0.15) is 10.7 Å². The number of ether oxygens (including phenoxy) is 2. The maximum atomic E-state index is 11.1. The summed E-state index contributed by atoms with van der Waals surface area (Å²) < 4.78 is 10.4. The van der Waals surface area contributed by atoms with Gasteiger partial charge < -0.3 is 20.5 Å². The van der Waals surface area contributed by atoms with Crippen LogP contribution in [-0.4, -0.2) is 40.1 Å². The van der Waals surface area contributed by atoms with Gasteiger partial charge in [0, 0.05) is 13.1 Å². The van der Waals surface area contributed by atoms with Crippen molar-refractivity contribution in [2.24, 2.45) is 0 Å². The van der Waals surface area contributed by atoms with E-state index in [1.165, 1.54) is 27.3 Å². The van der Waals surface area contributed by atoms with Crippen molar-refractivity contribution >= 4 is 29.4 Å². The van der Waals surface area contributed by atoms with Crippen LogP contribution < -0.4 is 20.5 Å². The summed E-state index contributed by atoms with van der Waals surface area (Å²) in [5.74, 6) is 0.705. The summed E-state index contributed by atoms with van der Waals surface area (Å²) in [5, 5.41) is 2.95. The smallest absolute Gasteiger partial charge is 0.236 e. The van der Waals surface area contributed by atoms with E-state index in [0.29, 0.717) is 15.9 Å². The number of nitrogens with two attached hydrogens (primary N) is 1. The highest BCUT2D eigenvalue weighted by Crippen LogP contribution is 2.38. The summed E-state index contributed by atoms with van der Waals surface area (Å²) in [6.07, 6.45) is 1.53. The van der Waals surface area contributed by atoms with Crippen molar-refractivity contribution < 1.29 is 14.3 Å². The van der Waals surface area contributed by atoms with Crippen molar-refractivity contribution in [3.05, 3.63) is 12.3 Å². The van der Waals surface area contributed by atoms with Crippen LogP contribution in [0.5, 0.6) is 11.8 Å². The minimum atomic E-state index is -0.222. The van der Waals surface area contributed by atoms with Crippen LogP contribution in [0.2, 0.25) is 0 Å². The standard InChI is InChI=1S/C12H14N6O3S/c1-6(19)15-7-4-5-14-12(16-7)22-8-9(20-2)17-11(13)18-10(8)21-3/h4-5H,1-3H3,(H2,13,17,18)(H,14,15,16,19).